The lowest BCUT2D eigenvalue weighted by Crippen LogP contribution is -1.91. The van der Waals surface area contributed by atoms with Gasteiger partial charge in [0.25, 0.3) is 0 Å². The topological polar surface area (TPSA) is 24.9 Å². The zero-order chi connectivity index (χ0) is 10.8. The van der Waals surface area contributed by atoms with Crippen LogP contribution in [0, 0.1) is 0 Å². The number of aromatic nitrogens is 1. The van der Waals surface area contributed by atoms with Gasteiger partial charge in [-0.15, -0.1) is 0 Å². The van der Waals surface area contributed by atoms with Crippen LogP contribution in [0.15, 0.2) is 37.0 Å². The van der Waals surface area contributed by atoms with Crippen molar-refractivity contribution in [2.45, 2.75) is 6.92 Å². The Kier molecular flexibility index (Phi) is 2.42. The number of hydrogen-bond donors (Lipinski definition) is 1. The predicted molar refractivity (Wildman–Crippen MR) is 66.0 cm³/mol. The summed E-state index contributed by atoms with van der Waals surface area (Å²) < 4.78 is 0. The van der Waals surface area contributed by atoms with Crippen LogP contribution < -0.4 is 5.32 Å². The van der Waals surface area contributed by atoms with Gasteiger partial charge < -0.3 is 5.32 Å². The van der Waals surface area contributed by atoms with Gasteiger partial charge in [-0.1, -0.05) is 24.3 Å². The number of nitrogens with one attached hydrogen (secondary N) is 1. The van der Waals surface area contributed by atoms with E-state index in [0.717, 1.165) is 16.8 Å². The standard InChI is InChI=1S/C13H14N2/c1-9(2)10-4-5-11-8-15-13(14-3)7-12(11)6-10/h4-8H,1H2,2-3H3,(H,14,15). The van der Waals surface area contributed by atoms with Gasteiger partial charge in [0, 0.05) is 18.6 Å². The molecule has 76 valence electrons. The van der Waals surface area contributed by atoms with E-state index in [1.54, 1.807) is 0 Å². The van der Waals surface area contributed by atoms with E-state index in [1.807, 2.05) is 26.2 Å². The molecule has 0 unspecified atom stereocenters. The van der Waals surface area contributed by atoms with Gasteiger partial charge in [0.1, 0.15) is 5.82 Å². The molecule has 0 aliphatic rings. The van der Waals surface area contributed by atoms with Crippen LogP contribution in [-0.2, 0) is 0 Å². The Morgan fingerprint density at radius 3 is 2.73 bits per heavy atom. The van der Waals surface area contributed by atoms with Crippen molar-refractivity contribution >= 4 is 22.2 Å². The Hall–Kier alpha value is -1.83. The number of anilines is 1. The first-order valence-electron chi connectivity index (χ1n) is 4.94. The van der Waals surface area contributed by atoms with E-state index in [0.29, 0.717) is 0 Å². The smallest absolute Gasteiger partial charge is 0.126 e. The Balaban J connectivity index is 2.62. The number of fused-ring (bicyclic) bond motifs is 1. The van der Waals surface area contributed by atoms with Gasteiger partial charge in [-0.3, -0.25) is 0 Å². The fourth-order valence-electron chi connectivity index (χ4n) is 1.54. The largest absolute Gasteiger partial charge is 0.373 e. The summed E-state index contributed by atoms with van der Waals surface area (Å²) in [5.41, 5.74) is 2.26. The average molecular weight is 198 g/mol. The summed E-state index contributed by atoms with van der Waals surface area (Å²) >= 11 is 0. The Morgan fingerprint density at radius 1 is 1.27 bits per heavy atom. The lowest BCUT2D eigenvalue weighted by molar-refractivity contribution is 1.31. The molecule has 0 fully saturated rings. The SMILES string of the molecule is C=C(C)c1ccc2cnc(NC)cc2c1. The van der Waals surface area contributed by atoms with E-state index in [9.17, 15) is 0 Å². The minimum Gasteiger partial charge on any atom is -0.373 e. The van der Waals surface area contributed by atoms with Crippen LogP contribution in [0.2, 0.25) is 0 Å². The summed E-state index contributed by atoms with van der Waals surface area (Å²) in [6, 6.07) is 8.33. The van der Waals surface area contributed by atoms with Crippen LogP contribution in [-0.4, -0.2) is 12.0 Å². The molecule has 15 heavy (non-hydrogen) atoms. The highest BCUT2D eigenvalue weighted by molar-refractivity contribution is 5.87. The molecule has 0 saturated carbocycles. The minimum absolute atomic E-state index is 0.890. The van der Waals surface area contributed by atoms with Crippen molar-refractivity contribution in [2.24, 2.45) is 0 Å². The molecule has 0 amide bonds. The summed E-state index contributed by atoms with van der Waals surface area (Å²) in [5, 5.41) is 5.38. The first kappa shape index (κ1) is 9.71. The molecule has 1 aromatic carbocycles. The average Bonchev–Trinajstić information content (AvgIpc) is 2.27. The van der Waals surface area contributed by atoms with Crippen LogP contribution in [0.25, 0.3) is 16.3 Å². The van der Waals surface area contributed by atoms with Gasteiger partial charge in [0.15, 0.2) is 0 Å². The third kappa shape index (κ3) is 1.84. The fraction of sp³-hybridized carbons (Fsp3) is 0.154. The van der Waals surface area contributed by atoms with E-state index in [-0.39, 0.29) is 0 Å². The fourth-order valence-corrected chi connectivity index (χ4v) is 1.54. The molecule has 2 rings (SSSR count). The lowest BCUT2D eigenvalue weighted by atomic mass is 10.0. The highest BCUT2D eigenvalue weighted by Gasteiger charge is 1.99. The zero-order valence-electron chi connectivity index (χ0n) is 9.04. The molecule has 1 heterocycles. The zero-order valence-corrected chi connectivity index (χ0v) is 9.04. The van der Waals surface area contributed by atoms with Crippen molar-refractivity contribution in [3.05, 3.63) is 42.6 Å². The van der Waals surface area contributed by atoms with Crippen LogP contribution >= 0.6 is 0 Å². The van der Waals surface area contributed by atoms with Crippen molar-refractivity contribution in [1.82, 2.24) is 4.98 Å². The van der Waals surface area contributed by atoms with E-state index in [2.05, 4.69) is 35.1 Å². The first-order chi connectivity index (χ1) is 7.20. The Labute approximate surface area is 89.7 Å². The van der Waals surface area contributed by atoms with Gasteiger partial charge in [0.2, 0.25) is 0 Å². The molecule has 2 nitrogen and oxygen atoms in total. The molecule has 0 aliphatic heterocycles. The highest BCUT2D eigenvalue weighted by atomic mass is 14.9. The molecule has 1 aromatic heterocycles. The van der Waals surface area contributed by atoms with Crippen LogP contribution in [0.4, 0.5) is 5.82 Å². The maximum absolute atomic E-state index is 4.27. The number of nitrogens with zero attached hydrogens (tertiary/aromatic N) is 1. The van der Waals surface area contributed by atoms with Crippen LogP contribution in [0.5, 0.6) is 0 Å². The van der Waals surface area contributed by atoms with Crippen molar-refractivity contribution in [3.8, 4) is 0 Å². The van der Waals surface area contributed by atoms with E-state index in [4.69, 9.17) is 0 Å². The van der Waals surface area contributed by atoms with Crippen LogP contribution in [0.1, 0.15) is 12.5 Å². The van der Waals surface area contributed by atoms with Crippen molar-refractivity contribution < 1.29 is 0 Å². The van der Waals surface area contributed by atoms with E-state index in [1.165, 1.54) is 10.9 Å². The summed E-state index contributed by atoms with van der Waals surface area (Å²) in [6.07, 6.45) is 1.88. The molecule has 0 radical (unpaired) electrons. The molecule has 1 N–H and O–H groups in total. The van der Waals surface area contributed by atoms with Crippen molar-refractivity contribution in [3.63, 3.8) is 0 Å². The highest BCUT2D eigenvalue weighted by Crippen LogP contribution is 2.21. The quantitative estimate of drug-likeness (QED) is 0.800. The number of pyridine rings is 1. The number of hydrogen-bond acceptors (Lipinski definition) is 2. The predicted octanol–water partition coefficient (Wildman–Crippen LogP) is 3.31. The summed E-state index contributed by atoms with van der Waals surface area (Å²) in [5.74, 6) is 0.890. The molecule has 2 aromatic rings. The molecule has 0 saturated heterocycles. The summed E-state index contributed by atoms with van der Waals surface area (Å²) in [7, 11) is 1.87. The molecular weight excluding hydrogens is 184 g/mol. The van der Waals surface area contributed by atoms with Gasteiger partial charge in [0.05, 0.1) is 0 Å². The maximum atomic E-state index is 4.27. The lowest BCUT2D eigenvalue weighted by Gasteiger charge is -2.04. The molecule has 2 heteroatoms. The molecule has 0 aliphatic carbocycles. The second kappa shape index (κ2) is 3.73. The minimum atomic E-state index is 0.890. The first-order valence-corrected chi connectivity index (χ1v) is 4.94. The molecule has 0 atom stereocenters. The van der Waals surface area contributed by atoms with Crippen molar-refractivity contribution in [2.75, 3.05) is 12.4 Å². The number of benzene rings is 1. The van der Waals surface area contributed by atoms with Gasteiger partial charge in [-0.25, -0.2) is 4.98 Å². The normalized spacial score (nSPS) is 10.3. The summed E-state index contributed by atoms with van der Waals surface area (Å²) in [6.45, 7) is 5.96. The third-order valence-corrected chi connectivity index (χ3v) is 2.47. The number of rotatable bonds is 2. The summed E-state index contributed by atoms with van der Waals surface area (Å²) in [4.78, 5) is 4.27. The monoisotopic (exact) mass is 198 g/mol. The molecule has 0 spiro atoms. The number of allylic oxidation sites excluding steroid dienone is 1. The maximum Gasteiger partial charge on any atom is 0.126 e. The van der Waals surface area contributed by atoms with Gasteiger partial charge >= 0.3 is 0 Å². The van der Waals surface area contributed by atoms with Gasteiger partial charge in [-0.2, -0.15) is 0 Å². The van der Waals surface area contributed by atoms with Crippen LogP contribution in [0.3, 0.4) is 0 Å². The van der Waals surface area contributed by atoms with Gasteiger partial charge in [-0.05, 0) is 30.0 Å². The van der Waals surface area contributed by atoms with Crippen molar-refractivity contribution in [1.29, 1.82) is 0 Å². The third-order valence-electron chi connectivity index (χ3n) is 2.47. The van der Waals surface area contributed by atoms with E-state index < -0.39 is 0 Å². The Morgan fingerprint density at radius 2 is 2.07 bits per heavy atom. The Bertz CT molecular complexity index is 515. The second-order valence-electron chi connectivity index (χ2n) is 3.66. The van der Waals surface area contributed by atoms with E-state index >= 15 is 0 Å². The molecule has 0 bridgehead atoms. The molecular formula is C13H14N2. The second-order valence-corrected chi connectivity index (χ2v) is 3.66.